The van der Waals surface area contributed by atoms with E-state index in [1.807, 2.05) is 48.5 Å². The molecule has 0 aliphatic heterocycles. The van der Waals surface area contributed by atoms with Crippen molar-refractivity contribution in [1.29, 1.82) is 0 Å². The van der Waals surface area contributed by atoms with Crippen LogP contribution in [-0.2, 0) is 0 Å². The van der Waals surface area contributed by atoms with E-state index in [1.165, 1.54) is 0 Å². The van der Waals surface area contributed by atoms with Gasteiger partial charge in [-0.05, 0) is 23.8 Å². The molecule has 90 valence electrons. The van der Waals surface area contributed by atoms with E-state index in [4.69, 9.17) is 10.2 Å². The SMILES string of the molecule is NC(c1ccccc1)c1nc2cc(Br)ccc2o1. The molecular formula is C14H11BrN2O. The van der Waals surface area contributed by atoms with Crippen LogP contribution < -0.4 is 5.73 Å². The molecule has 0 saturated heterocycles. The molecular weight excluding hydrogens is 292 g/mol. The summed E-state index contributed by atoms with van der Waals surface area (Å²) in [5.74, 6) is 0.536. The standard InChI is InChI=1S/C14H11BrN2O/c15-10-6-7-12-11(8-10)17-14(18-12)13(16)9-4-2-1-3-5-9/h1-8,13H,16H2. The van der Waals surface area contributed by atoms with Crippen LogP contribution in [0.4, 0.5) is 0 Å². The first kappa shape index (κ1) is 11.4. The van der Waals surface area contributed by atoms with Gasteiger partial charge in [0.1, 0.15) is 11.6 Å². The molecule has 0 bridgehead atoms. The predicted molar refractivity (Wildman–Crippen MR) is 74.2 cm³/mol. The number of nitrogens with zero attached hydrogens (tertiary/aromatic N) is 1. The maximum Gasteiger partial charge on any atom is 0.217 e. The molecule has 2 aromatic carbocycles. The van der Waals surface area contributed by atoms with Crippen LogP contribution in [0, 0.1) is 0 Å². The lowest BCUT2D eigenvalue weighted by molar-refractivity contribution is 0.505. The summed E-state index contributed by atoms with van der Waals surface area (Å²) in [6.45, 7) is 0. The number of aromatic nitrogens is 1. The van der Waals surface area contributed by atoms with Crippen LogP contribution >= 0.6 is 15.9 Å². The first-order valence-corrected chi connectivity index (χ1v) is 6.40. The topological polar surface area (TPSA) is 52.0 Å². The van der Waals surface area contributed by atoms with E-state index in [9.17, 15) is 0 Å². The predicted octanol–water partition coefficient (Wildman–Crippen LogP) is 3.64. The van der Waals surface area contributed by atoms with E-state index in [0.29, 0.717) is 5.89 Å². The zero-order chi connectivity index (χ0) is 12.5. The van der Waals surface area contributed by atoms with Crippen molar-refractivity contribution in [1.82, 2.24) is 4.98 Å². The van der Waals surface area contributed by atoms with Gasteiger partial charge in [-0.25, -0.2) is 4.98 Å². The third-order valence-corrected chi connectivity index (χ3v) is 3.28. The van der Waals surface area contributed by atoms with Crippen molar-refractivity contribution in [2.45, 2.75) is 6.04 Å². The Morgan fingerprint density at radius 1 is 1.11 bits per heavy atom. The molecule has 0 saturated carbocycles. The lowest BCUT2D eigenvalue weighted by atomic mass is 10.1. The van der Waals surface area contributed by atoms with Gasteiger partial charge in [0.25, 0.3) is 0 Å². The molecule has 1 aromatic heterocycles. The number of nitrogens with two attached hydrogens (primary N) is 1. The maximum absolute atomic E-state index is 6.15. The minimum absolute atomic E-state index is 0.336. The van der Waals surface area contributed by atoms with Gasteiger partial charge in [-0.2, -0.15) is 0 Å². The molecule has 0 fully saturated rings. The molecule has 4 heteroatoms. The summed E-state index contributed by atoms with van der Waals surface area (Å²) >= 11 is 3.41. The normalized spacial score (nSPS) is 12.8. The molecule has 2 N–H and O–H groups in total. The van der Waals surface area contributed by atoms with Crippen molar-refractivity contribution in [3.05, 3.63) is 64.5 Å². The Bertz CT molecular complexity index is 679. The van der Waals surface area contributed by atoms with Crippen molar-refractivity contribution in [3.63, 3.8) is 0 Å². The fourth-order valence-corrected chi connectivity index (χ4v) is 2.20. The van der Waals surface area contributed by atoms with Crippen molar-refractivity contribution in [2.75, 3.05) is 0 Å². The third-order valence-electron chi connectivity index (χ3n) is 2.79. The lowest BCUT2D eigenvalue weighted by Gasteiger charge is -2.06. The summed E-state index contributed by atoms with van der Waals surface area (Å²) in [5.41, 5.74) is 8.70. The van der Waals surface area contributed by atoms with Gasteiger partial charge in [0.15, 0.2) is 5.58 Å². The molecule has 0 aliphatic rings. The number of benzene rings is 2. The van der Waals surface area contributed by atoms with Gasteiger partial charge in [-0.1, -0.05) is 46.3 Å². The quantitative estimate of drug-likeness (QED) is 0.786. The van der Waals surface area contributed by atoms with Gasteiger partial charge in [0.2, 0.25) is 5.89 Å². The van der Waals surface area contributed by atoms with Crippen molar-refractivity contribution >= 4 is 27.0 Å². The summed E-state index contributed by atoms with van der Waals surface area (Å²) in [7, 11) is 0. The molecule has 1 unspecified atom stereocenters. The average Bonchev–Trinajstić information content (AvgIpc) is 2.81. The fraction of sp³-hybridized carbons (Fsp3) is 0.0714. The molecule has 0 aliphatic carbocycles. The van der Waals surface area contributed by atoms with E-state index in [0.717, 1.165) is 21.1 Å². The largest absolute Gasteiger partial charge is 0.439 e. The Balaban J connectivity index is 2.04. The number of fused-ring (bicyclic) bond motifs is 1. The molecule has 3 rings (SSSR count). The molecule has 1 atom stereocenters. The average molecular weight is 303 g/mol. The van der Waals surface area contributed by atoms with Crippen molar-refractivity contribution in [2.24, 2.45) is 5.73 Å². The van der Waals surface area contributed by atoms with Gasteiger partial charge < -0.3 is 10.2 Å². The van der Waals surface area contributed by atoms with Crippen LogP contribution in [-0.4, -0.2) is 4.98 Å². The molecule has 3 nitrogen and oxygen atoms in total. The number of oxazole rings is 1. The molecule has 18 heavy (non-hydrogen) atoms. The maximum atomic E-state index is 6.15. The van der Waals surface area contributed by atoms with Crippen LogP contribution in [0.15, 0.2) is 57.4 Å². The lowest BCUT2D eigenvalue weighted by Crippen LogP contribution is -2.11. The van der Waals surface area contributed by atoms with E-state index in [2.05, 4.69) is 20.9 Å². The molecule has 1 heterocycles. The summed E-state index contributed by atoms with van der Waals surface area (Å²) in [4.78, 5) is 4.43. The smallest absolute Gasteiger partial charge is 0.217 e. The third kappa shape index (κ3) is 2.05. The first-order valence-electron chi connectivity index (χ1n) is 5.60. The Morgan fingerprint density at radius 3 is 2.67 bits per heavy atom. The summed E-state index contributed by atoms with van der Waals surface area (Å²) in [6.07, 6.45) is 0. The van der Waals surface area contributed by atoms with Crippen LogP contribution in [0.2, 0.25) is 0 Å². The first-order chi connectivity index (χ1) is 8.74. The summed E-state index contributed by atoms with van der Waals surface area (Å²) in [5, 5.41) is 0. The highest BCUT2D eigenvalue weighted by molar-refractivity contribution is 9.10. The Labute approximate surface area is 113 Å². The van der Waals surface area contributed by atoms with Gasteiger partial charge in [-0.3, -0.25) is 0 Å². The highest BCUT2D eigenvalue weighted by Gasteiger charge is 2.15. The molecule has 3 aromatic rings. The van der Waals surface area contributed by atoms with Crippen molar-refractivity contribution in [3.8, 4) is 0 Å². The van der Waals surface area contributed by atoms with Gasteiger partial charge in [0.05, 0.1) is 0 Å². The van der Waals surface area contributed by atoms with Gasteiger partial charge in [-0.15, -0.1) is 0 Å². The van der Waals surface area contributed by atoms with E-state index in [-0.39, 0.29) is 6.04 Å². The van der Waals surface area contributed by atoms with Crippen molar-refractivity contribution < 1.29 is 4.42 Å². The van der Waals surface area contributed by atoms with Crippen LogP contribution in [0.5, 0.6) is 0 Å². The number of hydrogen-bond donors (Lipinski definition) is 1. The second-order valence-corrected chi connectivity index (χ2v) is 4.97. The second-order valence-electron chi connectivity index (χ2n) is 4.05. The van der Waals surface area contributed by atoms with E-state index >= 15 is 0 Å². The highest BCUT2D eigenvalue weighted by Crippen LogP contribution is 2.25. The number of hydrogen-bond acceptors (Lipinski definition) is 3. The Kier molecular flexibility index (Phi) is 2.89. The second kappa shape index (κ2) is 4.55. The Hall–Kier alpha value is -1.65. The van der Waals surface area contributed by atoms with Crippen LogP contribution in [0.25, 0.3) is 11.1 Å². The zero-order valence-corrected chi connectivity index (χ0v) is 11.1. The van der Waals surface area contributed by atoms with E-state index in [1.54, 1.807) is 0 Å². The van der Waals surface area contributed by atoms with Crippen LogP contribution in [0.1, 0.15) is 17.5 Å². The van der Waals surface area contributed by atoms with Gasteiger partial charge in [0, 0.05) is 4.47 Å². The van der Waals surface area contributed by atoms with Gasteiger partial charge >= 0.3 is 0 Å². The van der Waals surface area contributed by atoms with E-state index < -0.39 is 0 Å². The summed E-state index contributed by atoms with van der Waals surface area (Å²) < 4.78 is 6.66. The minimum Gasteiger partial charge on any atom is -0.439 e. The Morgan fingerprint density at radius 2 is 1.89 bits per heavy atom. The monoisotopic (exact) mass is 302 g/mol. The summed E-state index contributed by atoms with van der Waals surface area (Å²) in [6, 6.07) is 15.2. The number of halogens is 1. The zero-order valence-electron chi connectivity index (χ0n) is 9.51. The molecule has 0 radical (unpaired) electrons. The minimum atomic E-state index is -0.336. The van der Waals surface area contributed by atoms with Crippen LogP contribution in [0.3, 0.4) is 0 Å². The number of rotatable bonds is 2. The fourth-order valence-electron chi connectivity index (χ4n) is 1.85. The highest BCUT2D eigenvalue weighted by atomic mass is 79.9. The molecule has 0 spiro atoms. The molecule has 0 amide bonds.